The first-order valence-electron chi connectivity index (χ1n) is 11.1. The molecule has 0 saturated heterocycles. The van der Waals surface area contributed by atoms with Crippen LogP contribution in [-0.4, -0.2) is 25.5 Å². The lowest BCUT2D eigenvalue weighted by Gasteiger charge is -2.28. The summed E-state index contributed by atoms with van der Waals surface area (Å²) >= 11 is 0. The number of rotatable bonds is 6. The number of hydrogen-bond donors (Lipinski definition) is 2. The first kappa shape index (κ1) is 21.5. The van der Waals surface area contributed by atoms with Crippen molar-refractivity contribution in [3.63, 3.8) is 0 Å². The van der Waals surface area contributed by atoms with E-state index in [1.165, 1.54) is 0 Å². The van der Waals surface area contributed by atoms with E-state index in [2.05, 4.69) is 22.8 Å². The molecule has 0 bridgehead atoms. The average Bonchev–Trinajstić information content (AvgIpc) is 2.87. The molecular formula is C28H24N2O4. The molecule has 2 amide bonds. The summed E-state index contributed by atoms with van der Waals surface area (Å²) in [5, 5.41) is 8.04. The number of anilines is 2. The minimum Gasteiger partial charge on any atom is -0.493 e. The molecule has 6 nitrogen and oxygen atoms in total. The first-order valence-corrected chi connectivity index (χ1v) is 11.1. The van der Waals surface area contributed by atoms with E-state index in [0.717, 1.165) is 27.6 Å². The van der Waals surface area contributed by atoms with Crippen LogP contribution in [0.1, 0.15) is 23.5 Å². The SMILES string of the molecule is COc1cc([C@@H]2CC(=O)Nc3ccc4ccccc4c32)ccc1OCC(=O)Nc1ccccc1. The van der Waals surface area contributed by atoms with Gasteiger partial charge in [0.25, 0.3) is 5.91 Å². The molecule has 1 aliphatic heterocycles. The van der Waals surface area contributed by atoms with Crippen LogP contribution in [-0.2, 0) is 9.59 Å². The molecule has 0 radical (unpaired) electrons. The minimum absolute atomic E-state index is 0.0235. The summed E-state index contributed by atoms with van der Waals surface area (Å²) in [6.45, 7) is -0.149. The van der Waals surface area contributed by atoms with Crippen molar-refractivity contribution in [2.45, 2.75) is 12.3 Å². The third-order valence-corrected chi connectivity index (χ3v) is 5.99. The summed E-state index contributed by atoms with van der Waals surface area (Å²) in [5.41, 5.74) is 3.58. The van der Waals surface area contributed by atoms with Gasteiger partial charge >= 0.3 is 0 Å². The predicted octanol–water partition coefficient (Wildman–Crippen LogP) is 5.34. The second-order valence-electron chi connectivity index (χ2n) is 8.17. The zero-order valence-corrected chi connectivity index (χ0v) is 18.7. The molecular weight excluding hydrogens is 428 g/mol. The van der Waals surface area contributed by atoms with Gasteiger partial charge in [0.15, 0.2) is 18.1 Å². The van der Waals surface area contributed by atoms with Gasteiger partial charge in [-0.3, -0.25) is 9.59 Å². The smallest absolute Gasteiger partial charge is 0.262 e. The highest BCUT2D eigenvalue weighted by Crippen LogP contribution is 2.43. The molecule has 4 aromatic carbocycles. The van der Waals surface area contributed by atoms with Crippen molar-refractivity contribution in [2.75, 3.05) is 24.4 Å². The van der Waals surface area contributed by atoms with Gasteiger partial charge in [-0.15, -0.1) is 0 Å². The molecule has 170 valence electrons. The number of carbonyl (C=O) groups is 2. The van der Waals surface area contributed by atoms with Crippen molar-refractivity contribution in [2.24, 2.45) is 0 Å². The quantitative estimate of drug-likeness (QED) is 0.414. The number of carbonyl (C=O) groups excluding carboxylic acids is 2. The molecule has 6 heteroatoms. The Morgan fingerprint density at radius 3 is 2.59 bits per heavy atom. The van der Waals surface area contributed by atoms with E-state index < -0.39 is 0 Å². The van der Waals surface area contributed by atoms with E-state index in [-0.39, 0.29) is 24.3 Å². The molecule has 4 aromatic rings. The maximum atomic E-state index is 12.5. The van der Waals surface area contributed by atoms with Crippen molar-refractivity contribution in [1.29, 1.82) is 0 Å². The maximum Gasteiger partial charge on any atom is 0.262 e. The number of benzene rings is 4. The summed E-state index contributed by atoms with van der Waals surface area (Å²) in [6.07, 6.45) is 0.337. The van der Waals surface area contributed by atoms with Gasteiger partial charge in [-0.2, -0.15) is 0 Å². The Bertz CT molecular complexity index is 1370. The zero-order valence-electron chi connectivity index (χ0n) is 18.7. The fourth-order valence-electron chi connectivity index (χ4n) is 4.44. The molecule has 0 aromatic heterocycles. The normalized spacial score (nSPS) is 14.7. The monoisotopic (exact) mass is 452 g/mol. The standard InChI is InChI=1S/C28H24N2O4/c1-33-25-15-19(12-14-24(25)34-17-27(32)29-20-8-3-2-4-9-20)22-16-26(31)30-23-13-11-18-7-5-6-10-21(18)28(22)23/h2-15,22H,16-17H2,1H3,(H,29,32)(H,30,31)/t22-/m0/s1. The second-order valence-corrected chi connectivity index (χ2v) is 8.17. The number of methoxy groups -OCH3 is 1. The van der Waals surface area contributed by atoms with Crippen LogP contribution in [0.3, 0.4) is 0 Å². The number of fused-ring (bicyclic) bond motifs is 3. The van der Waals surface area contributed by atoms with Crippen LogP contribution in [0.15, 0.2) is 84.9 Å². The fraction of sp³-hybridized carbons (Fsp3) is 0.143. The maximum absolute atomic E-state index is 12.5. The lowest BCUT2D eigenvalue weighted by molar-refractivity contribution is -0.118. The molecule has 0 unspecified atom stereocenters. The fourth-order valence-corrected chi connectivity index (χ4v) is 4.44. The summed E-state index contributed by atoms with van der Waals surface area (Å²) < 4.78 is 11.3. The summed E-state index contributed by atoms with van der Waals surface area (Å²) in [5.74, 6) is 0.566. The van der Waals surface area contributed by atoms with Gasteiger partial charge in [0.05, 0.1) is 7.11 Å². The number of amides is 2. The van der Waals surface area contributed by atoms with E-state index in [4.69, 9.17) is 9.47 Å². The Kier molecular flexibility index (Phi) is 5.87. The van der Waals surface area contributed by atoms with Crippen molar-refractivity contribution < 1.29 is 19.1 Å². The molecule has 1 heterocycles. The molecule has 0 fully saturated rings. The highest BCUT2D eigenvalue weighted by atomic mass is 16.5. The van der Waals surface area contributed by atoms with Crippen LogP contribution in [0.2, 0.25) is 0 Å². The van der Waals surface area contributed by atoms with E-state index in [1.54, 1.807) is 13.2 Å². The van der Waals surface area contributed by atoms with Gasteiger partial charge < -0.3 is 20.1 Å². The van der Waals surface area contributed by atoms with Crippen LogP contribution in [0, 0.1) is 0 Å². The predicted molar refractivity (Wildman–Crippen MR) is 133 cm³/mol. The molecule has 34 heavy (non-hydrogen) atoms. The Morgan fingerprint density at radius 2 is 1.76 bits per heavy atom. The third-order valence-electron chi connectivity index (χ3n) is 5.99. The number of hydrogen-bond acceptors (Lipinski definition) is 4. The average molecular weight is 453 g/mol. The van der Waals surface area contributed by atoms with Gasteiger partial charge in [0.2, 0.25) is 5.91 Å². The lowest BCUT2D eigenvalue weighted by atomic mass is 9.82. The topological polar surface area (TPSA) is 76.7 Å². The molecule has 1 atom stereocenters. The number of ether oxygens (including phenoxy) is 2. The summed E-state index contributed by atoms with van der Waals surface area (Å²) in [6, 6.07) is 27.0. The third kappa shape index (κ3) is 4.30. The second kappa shape index (κ2) is 9.27. The van der Waals surface area contributed by atoms with Crippen LogP contribution < -0.4 is 20.1 Å². The first-order chi connectivity index (χ1) is 16.6. The van der Waals surface area contributed by atoms with Gasteiger partial charge in [-0.05, 0) is 52.2 Å². The van der Waals surface area contributed by atoms with Crippen molar-refractivity contribution in [3.05, 3.63) is 96.1 Å². The van der Waals surface area contributed by atoms with Crippen LogP contribution in [0.25, 0.3) is 10.8 Å². The Morgan fingerprint density at radius 1 is 0.971 bits per heavy atom. The Balaban J connectivity index is 1.41. The summed E-state index contributed by atoms with van der Waals surface area (Å²) in [4.78, 5) is 24.8. The molecule has 0 spiro atoms. The van der Waals surface area contributed by atoms with Gasteiger partial charge in [0, 0.05) is 23.7 Å². The Hall–Kier alpha value is -4.32. The van der Waals surface area contributed by atoms with E-state index in [1.807, 2.05) is 66.7 Å². The molecule has 0 aliphatic carbocycles. The van der Waals surface area contributed by atoms with Crippen LogP contribution >= 0.6 is 0 Å². The molecule has 1 aliphatic rings. The van der Waals surface area contributed by atoms with Crippen LogP contribution in [0.5, 0.6) is 11.5 Å². The molecule has 2 N–H and O–H groups in total. The van der Waals surface area contributed by atoms with E-state index in [9.17, 15) is 9.59 Å². The minimum atomic E-state index is -0.262. The van der Waals surface area contributed by atoms with Crippen LogP contribution in [0.4, 0.5) is 11.4 Å². The Labute approximate surface area is 197 Å². The molecule has 5 rings (SSSR count). The van der Waals surface area contributed by atoms with E-state index in [0.29, 0.717) is 23.6 Å². The highest BCUT2D eigenvalue weighted by molar-refractivity contribution is 6.01. The molecule has 0 saturated carbocycles. The highest BCUT2D eigenvalue weighted by Gasteiger charge is 2.29. The van der Waals surface area contributed by atoms with Crippen molar-refractivity contribution in [1.82, 2.24) is 0 Å². The summed E-state index contributed by atoms with van der Waals surface area (Å²) in [7, 11) is 1.56. The largest absolute Gasteiger partial charge is 0.493 e. The lowest BCUT2D eigenvalue weighted by Crippen LogP contribution is -2.24. The van der Waals surface area contributed by atoms with E-state index >= 15 is 0 Å². The van der Waals surface area contributed by atoms with Gasteiger partial charge in [0.1, 0.15) is 0 Å². The van der Waals surface area contributed by atoms with Crippen molar-refractivity contribution >= 4 is 34.0 Å². The van der Waals surface area contributed by atoms with Crippen molar-refractivity contribution in [3.8, 4) is 11.5 Å². The van der Waals surface area contributed by atoms with Gasteiger partial charge in [-0.25, -0.2) is 0 Å². The zero-order chi connectivity index (χ0) is 23.5. The number of nitrogens with one attached hydrogen (secondary N) is 2. The number of para-hydroxylation sites is 1. The van der Waals surface area contributed by atoms with Gasteiger partial charge in [-0.1, -0.05) is 54.6 Å².